The summed E-state index contributed by atoms with van der Waals surface area (Å²) in [4.78, 5) is 44.1. The molecule has 0 aromatic heterocycles. The topological polar surface area (TPSA) is 155 Å². The van der Waals surface area contributed by atoms with E-state index in [0.29, 0.717) is 37.8 Å². The van der Waals surface area contributed by atoms with E-state index < -0.39 is 34.4 Å². The van der Waals surface area contributed by atoms with Crippen molar-refractivity contribution in [2.24, 2.45) is 0 Å². The Morgan fingerprint density at radius 2 is 1.93 bits per heavy atom. The van der Waals surface area contributed by atoms with E-state index in [4.69, 9.17) is 14.1 Å². The molecule has 2 bridgehead atoms. The predicted octanol–water partition coefficient (Wildman–Crippen LogP) is -2.48. The van der Waals surface area contributed by atoms with Gasteiger partial charge in [0.25, 0.3) is 11.8 Å². The average molecular weight is 431 g/mol. The summed E-state index contributed by atoms with van der Waals surface area (Å²) in [6.07, 6.45) is 0.539. The molecule has 3 heterocycles. The number of urea groups is 1. The standard InChI is InChI=1S/C13H20N4O9S.Na/c18-11(15-3-5-24-6-4-15)8-25-14-12(19)10-2-1-9-7-16(10)13(20)17(9)26-27(21,22)23;/h9-10H,1-8H2,(H,14,19)(H,21,22,23);/t9-,10+;/m1./s1. The molecule has 3 aliphatic rings. The molecule has 0 aromatic carbocycles. The van der Waals surface area contributed by atoms with E-state index in [1.807, 2.05) is 0 Å². The molecule has 1 radical (unpaired) electrons. The summed E-state index contributed by atoms with van der Waals surface area (Å²) in [5.74, 6) is -0.933. The van der Waals surface area contributed by atoms with Crippen LogP contribution in [0, 0.1) is 0 Å². The largest absolute Gasteiger partial charge is 0.418 e. The van der Waals surface area contributed by atoms with Gasteiger partial charge in [0.15, 0.2) is 6.61 Å². The third kappa shape index (κ3) is 5.54. The number of ether oxygens (including phenoxy) is 1. The first-order chi connectivity index (χ1) is 12.8. The van der Waals surface area contributed by atoms with Crippen LogP contribution in [-0.2, 0) is 33.8 Å². The second-order valence-corrected chi connectivity index (χ2v) is 7.26. The van der Waals surface area contributed by atoms with Gasteiger partial charge in [-0.3, -0.25) is 19.0 Å². The Labute approximate surface area is 183 Å². The molecule has 0 saturated carbocycles. The zero-order valence-electron chi connectivity index (χ0n) is 15.3. The number of hydrogen-bond acceptors (Lipinski definition) is 8. The van der Waals surface area contributed by atoms with Gasteiger partial charge in [-0.2, -0.15) is 13.5 Å². The molecule has 0 unspecified atom stereocenters. The van der Waals surface area contributed by atoms with Crippen LogP contribution in [0.3, 0.4) is 0 Å². The maximum Gasteiger partial charge on any atom is 0.418 e. The molecule has 3 rings (SSSR count). The minimum Gasteiger partial charge on any atom is -0.378 e. The monoisotopic (exact) mass is 431 g/mol. The molecule has 153 valence electrons. The summed E-state index contributed by atoms with van der Waals surface area (Å²) in [6, 6.07) is -2.34. The van der Waals surface area contributed by atoms with Crippen molar-refractivity contribution in [1.82, 2.24) is 20.3 Å². The molecule has 3 fully saturated rings. The van der Waals surface area contributed by atoms with Crippen molar-refractivity contribution in [3.05, 3.63) is 0 Å². The van der Waals surface area contributed by atoms with E-state index in [-0.39, 0.29) is 55.0 Å². The molecule has 0 aliphatic carbocycles. The number of carbonyl (C=O) groups excluding carboxylic acids is 3. The van der Waals surface area contributed by atoms with Crippen LogP contribution in [0.25, 0.3) is 0 Å². The van der Waals surface area contributed by atoms with Crippen molar-refractivity contribution in [1.29, 1.82) is 0 Å². The molecule has 28 heavy (non-hydrogen) atoms. The van der Waals surface area contributed by atoms with Crippen LogP contribution in [-0.4, -0.2) is 127 Å². The molecule has 3 saturated heterocycles. The fraction of sp³-hybridized carbons (Fsp3) is 0.769. The smallest absolute Gasteiger partial charge is 0.378 e. The Kier molecular flexibility index (Phi) is 8.04. The van der Waals surface area contributed by atoms with Gasteiger partial charge in [0.2, 0.25) is 0 Å². The molecule has 2 atom stereocenters. The van der Waals surface area contributed by atoms with Crippen molar-refractivity contribution in [3.8, 4) is 0 Å². The van der Waals surface area contributed by atoms with Crippen LogP contribution >= 0.6 is 0 Å². The Bertz CT molecular complexity index is 715. The fourth-order valence-corrected chi connectivity index (χ4v) is 3.63. The first-order valence-corrected chi connectivity index (χ1v) is 9.67. The minimum atomic E-state index is -4.85. The number of carbonyl (C=O) groups is 3. The Morgan fingerprint density at radius 1 is 1.25 bits per heavy atom. The third-order valence-corrected chi connectivity index (χ3v) is 4.88. The SMILES string of the molecule is O=C(NOCC(=O)N1CCOCC1)[C@@H]1CC[C@@H]2CN1C(=O)N2OS(=O)(=O)O.[Na]. The number of fused-ring (bicyclic) bond motifs is 2. The molecule has 13 nitrogen and oxygen atoms in total. The summed E-state index contributed by atoms with van der Waals surface area (Å²) in [5.41, 5.74) is 2.15. The first kappa shape index (κ1) is 23.3. The van der Waals surface area contributed by atoms with Crippen molar-refractivity contribution < 1.29 is 41.2 Å². The first-order valence-electron chi connectivity index (χ1n) is 8.30. The van der Waals surface area contributed by atoms with Gasteiger partial charge in [-0.05, 0) is 12.8 Å². The maximum atomic E-state index is 12.3. The summed E-state index contributed by atoms with van der Waals surface area (Å²) < 4.78 is 39.9. The zero-order chi connectivity index (χ0) is 19.6. The van der Waals surface area contributed by atoms with Crippen LogP contribution in [0.4, 0.5) is 4.79 Å². The maximum absolute atomic E-state index is 12.3. The second-order valence-electron chi connectivity index (χ2n) is 6.26. The van der Waals surface area contributed by atoms with E-state index in [0.717, 1.165) is 4.90 Å². The summed E-state index contributed by atoms with van der Waals surface area (Å²) in [7, 11) is -4.85. The molecule has 2 N–H and O–H groups in total. The van der Waals surface area contributed by atoms with Gasteiger partial charge in [0.1, 0.15) is 6.04 Å². The Morgan fingerprint density at radius 3 is 2.57 bits per heavy atom. The normalized spacial score (nSPS) is 24.8. The minimum absolute atomic E-state index is 0. The molecule has 15 heteroatoms. The molecule has 0 spiro atoms. The Balaban J connectivity index is 0.00000280. The van der Waals surface area contributed by atoms with Crippen molar-refractivity contribution in [3.63, 3.8) is 0 Å². The van der Waals surface area contributed by atoms with Gasteiger partial charge in [-0.1, -0.05) is 0 Å². The van der Waals surface area contributed by atoms with E-state index in [1.54, 1.807) is 4.90 Å². The molecule has 0 aromatic rings. The zero-order valence-corrected chi connectivity index (χ0v) is 18.1. The summed E-state index contributed by atoms with van der Waals surface area (Å²) in [6.45, 7) is 1.51. The molecular formula is C13H20N4NaO9S. The number of nitrogens with zero attached hydrogens (tertiary/aromatic N) is 3. The van der Waals surface area contributed by atoms with Crippen molar-refractivity contribution in [2.45, 2.75) is 24.9 Å². The second kappa shape index (κ2) is 9.67. The van der Waals surface area contributed by atoms with E-state index in [2.05, 4.69) is 9.76 Å². The molecular weight excluding hydrogens is 411 g/mol. The number of piperidine rings is 1. The molecule has 3 aliphatic heterocycles. The van der Waals surface area contributed by atoms with Gasteiger partial charge >= 0.3 is 16.4 Å². The van der Waals surface area contributed by atoms with E-state index in [1.165, 1.54) is 0 Å². The van der Waals surface area contributed by atoms with E-state index in [9.17, 15) is 22.8 Å². The van der Waals surface area contributed by atoms with E-state index >= 15 is 0 Å². The van der Waals surface area contributed by atoms with Crippen LogP contribution < -0.4 is 5.48 Å². The van der Waals surface area contributed by atoms with Gasteiger partial charge in [-0.25, -0.2) is 10.3 Å². The third-order valence-electron chi connectivity index (χ3n) is 4.53. The van der Waals surface area contributed by atoms with Crippen molar-refractivity contribution in [2.75, 3.05) is 39.5 Å². The number of nitrogens with one attached hydrogen (secondary N) is 1. The van der Waals surface area contributed by atoms with Crippen LogP contribution in [0.5, 0.6) is 0 Å². The Hall–Kier alpha value is -1.00. The number of amides is 4. The quantitative estimate of drug-likeness (QED) is 0.264. The molecule has 4 amide bonds. The van der Waals surface area contributed by atoms with Crippen molar-refractivity contribution >= 4 is 57.8 Å². The van der Waals surface area contributed by atoms with Gasteiger partial charge in [0, 0.05) is 49.2 Å². The van der Waals surface area contributed by atoms with Crippen LogP contribution in [0.15, 0.2) is 0 Å². The number of morpholine rings is 1. The number of rotatable bonds is 6. The van der Waals surface area contributed by atoms with Gasteiger partial charge in [-0.15, -0.1) is 4.28 Å². The average Bonchev–Trinajstić information content (AvgIpc) is 2.86. The summed E-state index contributed by atoms with van der Waals surface area (Å²) in [5, 5.41) is 0.547. The van der Waals surface area contributed by atoms with Gasteiger partial charge < -0.3 is 14.5 Å². The van der Waals surface area contributed by atoms with Crippen LogP contribution in [0.2, 0.25) is 0 Å². The number of hydrogen-bond donors (Lipinski definition) is 2. The summed E-state index contributed by atoms with van der Waals surface area (Å²) >= 11 is 0. The number of hydroxylamine groups is 3. The van der Waals surface area contributed by atoms with Gasteiger partial charge in [0.05, 0.1) is 19.3 Å². The van der Waals surface area contributed by atoms with Crippen LogP contribution in [0.1, 0.15) is 12.8 Å². The predicted molar refractivity (Wildman–Crippen MR) is 90.6 cm³/mol. The fourth-order valence-electron chi connectivity index (χ4n) is 3.25.